The molecular weight excluding hydrogens is 391 g/mol. The molecule has 1 aliphatic rings. The number of amides is 1. The van der Waals surface area contributed by atoms with Crippen molar-refractivity contribution in [3.63, 3.8) is 0 Å². The summed E-state index contributed by atoms with van der Waals surface area (Å²) in [6.07, 6.45) is 2.08. The normalized spacial score (nSPS) is 16.4. The average molecular weight is 410 g/mol. The molecule has 3 aromatic rings. The zero-order valence-electron chi connectivity index (χ0n) is 16.2. The van der Waals surface area contributed by atoms with E-state index in [2.05, 4.69) is 10.1 Å². The van der Waals surface area contributed by atoms with E-state index in [4.69, 9.17) is 0 Å². The SMILES string of the molecule is CN(Cn1cnc(-c2cccc([N+](=O)[O-])c2)n1)C1CCN(c2ccccc2F)C1=O. The molecule has 154 valence electrons. The summed E-state index contributed by atoms with van der Waals surface area (Å²) in [6.45, 7) is 0.731. The maximum atomic E-state index is 14.1. The second kappa shape index (κ2) is 7.99. The lowest BCUT2D eigenvalue weighted by molar-refractivity contribution is -0.384. The van der Waals surface area contributed by atoms with Crippen LogP contribution < -0.4 is 4.90 Å². The number of non-ortho nitro benzene ring substituents is 1. The molecule has 0 radical (unpaired) electrons. The molecule has 1 unspecified atom stereocenters. The summed E-state index contributed by atoms with van der Waals surface area (Å²) in [6, 6.07) is 11.9. The van der Waals surface area contributed by atoms with E-state index in [-0.39, 0.29) is 17.3 Å². The van der Waals surface area contributed by atoms with Crippen LogP contribution in [0.5, 0.6) is 0 Å². The van der Waals surface area contributed by atoms with Gasteiger partial charge in [-0.1, -0.05) is 24.3 Å². The predicted octanol–water partition coefficient (Wildman–Crippen LogP) is 2.69. The van der Waals surface area contributed by atoms with Gasteiger partial charge in [-0.15, -0.1) is 5.10 Å². The molecule has 2 aromatic carbocycles. The van der Waals surface area contributed by atoms with Gasteiger partial charge in [0.2, 0.25) is 5.91 Å². The third-order valence-corrected chi connectivity index (χ3v) is 5.07. The van der Waals surface area contributed by atoms with Gasteiger partial charge in [0.25, 0.3) is 5.69 Å². The molecule has 10 heteroatoms. The number of likely N-dealkylation sites (N-methyl/N-ethyl adjacent to an activating group) is 1. The largest absolute Gasteiger partial charge is 0.308 e. The molecule has 1 fully saturated rings. The number of nitro benzene ring substituents is 1. The number of carbonyl (C=O) groups excluding carboxylic acids is 1. The highest BCUT2D eigenvalue weighted by atomic mass is 19.1. The Morgan fingerprint density at radius 2 is 2.07 bits per heavy atom. The van der Waals surface area contributed by atoms with Gasteiger partial charge in [0.05, 0.1) is 23.3 Å². The number of carbonyl (C=O) groups is 1. The van der Waals surface area contributed by atoms with E-state index < -0.39 is 16.8 Å². The standard InChI is InChI=1S/C20H19FN6O3/c1-24(18-9-10-26(20(18)28)17-8-3-2-7-16(17)21)13-25-12-22-19(23-25)14-5-4-6-15(11-14)27(29)30/h2-8,11-12,18H,9-10,13H2,1H3. The van der Waals surface area contributed by atoms with Gasteiger partial charge in [0.1, 0.15) is 12.1 Å². The van der Waals surface area contributed by atoms with Crippen molar-refractivity contribution in [2.45, 2.75) is 19.1 Å². The Morgan fingerprint density at radius 3 is 2.83 bits per heavy atom. The van der Waals surface area contributed by atoms with Crippen molar-refractivity contribution in [1.82, 2.24) is 19.7 Å². The Kier molecular flexibility index (Phi) is 5.23. The van der Waals surface area contributed by atoms with Crippen LogP contribution in [0.25, 0.3) is 11.4 Å². The van der Waals surface area contributed by atoms with Gasteiger partial charge < -0.3 is 4.90 Å². The van der Waals surface area contributed by atoms with Crippen LogP contribution >= 0.6 is 0 Å². The third-order valence-electron chi connectivity index (χ3n) is 5.07. The van der Waals surface area contributed by atoms with E-state index in [9.17, 15) is 19.3 Å². The maximum Gasteiger partial charge on any atom is 0.270 e. The summed E-state index contributed by atoms with van der Waals surface area (Å²) >= 11 is 0. The molecule has 1 aliphatic heterocycles. The molecule has 0 N–H and O–H groups in total. The van der Waals surface area contributed by atoms with Crippen LogP contribution in [-0.2, 0) is 11.5 Å². The topological polar surface area (TPSA) is 97.4 Å². The zero-order valence-corrected chi connectivity index (χ0v) is 16.2. The lowest BCUT2D eigenvalue weighted by Gasteiger charge is -2.23. The molecule has 1 aromatic heterocycles. The minimum Gasteiger partial charge on any atom is -0.308 e. The molecule has 30 heavy (non-hydrogen) atoms. The fourth-order valence-electron chi connectivity index (χ4n) is 3.56. The number of para-hydroxylation sites is 1. The van der Waals surface area contributed by atoms with Crippen LogP contribution in [0, 0.1) is 15.9 Å². The Bertz CT molecular complexity index is 1100. The molecule has 0 saturated carbocycles. The molecule has 0 aliphatic carbocycles. The lowest BCUT2D eigenvalue weighted by Crippen LogP contribution is -2.40. The van der Waals surface area contributed by atoms with E-state index >= 15 is 0 Å². The van der Waals surface area contributed by atoms with E-state index in [0.717, 1.165) is 0 Å². The van der Waals surface area contributed by atoms with Crippen LogP contribution in [0.15, 0.2) is 54.9 Å². The second-order valence-electron chi connectivity index (χ2n) is 7.06. The monoisotopic (exact) mass is 410 g/mol. The summed E-state index contributed by atoms with van der Waals surface area (Å²) in [4.78, 5) is 30.8. The molecule has 1 saturated heterocycles. The quantitative estimate of drug-likeness (QED) is 0.458. The highest BCUT2D eigenvalue weighted by Gasteiger charge is 2.36. The number of benzene rings is 2. The Balaban J connectivity index is 1.46. The van der Waals surface area contributed by atoms with Crippen molar-refractivity contribution in [2.75, 3.05) is 18.5 Å². The molecule has 1 atom stereocenters. The van der Waals surface area contributed by atoms with Crippen LogP contribution in [-0.4, -0.2) is 50.1 Å². The number of rotatable bonds is 6. The highest BCUT2D eigenvalue weighted by Crippen LogP contribution is 2.26. The smallest absolute Gasteiger partial charge is 0.270 e. The molecule has 0 spiro atoms. The van der Waals surface area contributed by atoms with Crippen molar-refractivity contribution in [2.24, 2.45) is 0 Å². The summed E-state index contributed by atoms with van der Waals surface area (Å²) in [5.74, 6) is -0.230. The van der Waals surface area contributed by atoms with Gasteiger partial charge in [0.15, 0.2) is 5.82 Å². The van der Waals surface area contributed by atoms with Crippen molar-refractivity contribution in [1.29, 1.82) is 0 Å². The Hall–Kier alpha value is -3.66. The van der Waals surface area contributed by atoms with E-state index in [1.54, 1.807) is 42.1 Å². The summed E-state index contributed by atoms with van der Waals surface area (Å²) in [5.41, 5.74) is 0.783. The Labute approximate surface area is 171 Å². The highest BCUT2D eigenvalue weighted by molar-refractivity contribution is 5.99. The van der Waals surface area contributed by atoms with Crippen molar-refractivity contribution < 1.29 is 14.1 Å². The minimum atomic E-state index is -0.471. The van der Waals surface area contributed by atoms with E-state index in [1.807, 2.05) is 4.90 Å². The first kappa shape index (κ1) is 19.6. The first-order chi connectivity index (χ1) is 14.4. The number of halogens is 1. The summed E-state index contributed by atoms with van der Waals surface area (Å²) in [5, 5.41) is 15.3. The molecule has 4 rings (SSSR count). The van der Waals surface area contributed by atoms with Crippen molar-refractivity contribution in [3.8, 4) is 11.4 Å². The van der Waals surface area contributed by atoms with Gasteiger partial charge >= 0.3 is 0 Å². The van der Waals surface area contributed by atoms with Crippen molar-refractivity contribution >= 4 is 17.3 Å². The molecule has 0 bridgehead atoms. The number of nitro groups is 1. The molecular formula is C20H19FN6O3. The first-order valence-corrected chi connectivity index (χ1v) is 9.34. The van der Waals surface area contributed by atoms with Crippen LogP contribution in [0.4, 0.5) is 15.8 Å². The maximum absolute atomic E-state index is 14.1. The van der Waals surface area contributed by atoms with Crippen LogP contribution in [0.3, 0.4) is 0 Å². The van der Waals surface area contributed by atoms with Crippen LogP contribution in [0.1, 0.15) is 6.42 Å². The predicted molar refractivity (Wildman–Crippen MR) is 107 cm³/mol. The summed E-state index contributed by atoms with van der Waals surface area (Å²) < 4.78 is 15.6. The van der Waals surface area contributed by atoms with Gasteiger partial charge in [-0.25, -0.2) is 14.1 Å². The second-order valence-corrected chi connectivity index (χ2v) is 7.06. The third kappa shape index (κ3) is 3.77. The number of nitrogens with zero attached hydrogens (tertiary/aromatic N) is 6. The van der Waals surface area contributed by atoms with Gasteiger partial charge in [-0.2, -0.15) is 0 Å². The Morgan fingerprint density at radius 1 is 1.27 bits per heavy atom. The first-order valence-electron chi connectivity index (χ1n) is 9.34. The number of anilines is 1. The van der Waals surface area contributed by atoms with Gasteiger partial charge in [-0.05, 0) is 25.6 Å². The molecule has 9 nitrogen and oxygen atoms in total. The lowest BCUT2D eigenvalue weighted by atomic mass is 10.2. The van der Waals surface area contributed by atoms with Gasteiger partial charge in [-0.3, -0.25) is 19.8 Å². The molecule has 2 heterocycles. The average Bonchev–Trinajstić information content (AvgIpc) is 3.35. The van der Waals surface area contributed by atoms with E-state index in [0.29, 0.717) is 31.0 Å². The number of aromatic nitrogens is 3. The van der Waals surface area contributed by atoms with Crippen molar-refractivity contribution in [3.05, 3.63) is 70.8 Å². The van der Waals surface area contributed by atoms with Crippen LogP contribution in [0.2, 0.25) is 0 Å². The minimum absolute atomic E-state index is 0.0363. The zero-order chi connectivity index (χ0) is 21.3. The number of hydrogen-bond donors (Lipinski definition) is 0. The number of hydrogen-bond acceptors (Lipinski definition) is 6. The molecule has 1 amide bonds. The fourth-order valence-corrected chi connectivity index (χ4v) is 3.56. The van der Waals surface area contributed by atoms with Gasteiger partial charge in [0, 0.05) is 24.2 Å². The summed E-state index contributed by atoms with van der Waals surface area (Å²) in [7, 11) is 1.79. The fraction of sp³-hybridized carbons (Fsp3) is 0.250. The van der Waals surface area contributed by atoms with E-state index in [1.165, 1.54) is 29.4 Å².